The van der Waals surface area contributed by atoms with Crippen molar-refractivity contribution in [1.82, 2.24) is 9.88 Å². The number of benzene rings is 1. The van der Waals surface area contributed by atoms with Crippen LogP contribution in [0, 0.1) is 0 Å². The van der Waals surface area contributed by atoms with Crippen LogP contribution in [0.1, 0.15) is 41.6 Å². The average molecular weight is 561 g/mol. The number of carbonyl (C=O) groups is 3. The Morgan fingerprint density at radius 3 is 2.62 bits per heavy atom. The van der Waals surface area contributed by atoms with Crippen molar-refractivity contribution in [3.8, 4) is 0 Å². The molecule has 2 aromatic rings. The van der Waals surface area contributed by atoms with Crippen LogP contribution in [0.25, 0.3) is 5.57 Å². The Bertz CT molecular complexity index is 1400. The number of fused-ring (bicyclic) bond motifs is 1. The lowest BCUT2D eigenvalue weighted by atomic mass is 9.91. The van der Waals surface area contributed by atoms with Crippen LogP contribution in [0.4, 0.5) is 0 Å². The van der Waals surface area contributed by atoms with E-state index >= 15 is 0 Å². The van der Waals surface area contributed by atoms with Crippen molar-refractivity contribution in [2.24, 2.45) is 0 Å². The molecule has 1 aliphatic carbocycles. The van der Waals surface area contributed by atoms with Gasteiger partial charge in [-0.1, -0.05) is 48.5 Å². The first-order chi connectivity index (χ1) is 18.8. The number of carbonyl (C=O) groups excluding carboxylic acids is 3. The van der Waals surface area contributed by atoms with E-state index in [2.05, 4.69) is 11.6 Å². The quantitative estimate of drug-likeness (QED) is 0.429. The van der Waals surface area contributed by atoms with Crippen LogP contribution in [-0.4, -0.2) is 57.6 Å². The Morgan fingerprint density at radius 1 is 1.08 bits per heavy atom. The molecular formula is C31H29ClN2O4S. The summed E-state index contributed by atoms with van der Waals surface area (Å²) in [6.07, 6.45) is 11.2. The second-order valence-corrected chi connectivity index (χ2v) is 11.4. The number of pyridine rings is 1. The van der Waals surface area contributed by atoms with Crippen LogP contribution in [0.15, 0.2) is 90.5 Å². The molecule has 6 nitrogen and oxygen atoms in total. The molecule has 0 saturated carbocycles. The normalized spacial score (nSPS) is 20.1. The van der Waals surface area contributed by atoms with Gasteiger partial charge in [-0.25, -0.2) is 0 Å². The minimum absolute atomic E-state index is 0.000654. The molecule has 1 amide bonds. The summed E-state index contributed by atoms with van der Waals surface area (Å²) in [5, 5.41) is 0.523. The Kier molecular flexibility index (Phi) is 8.19. The van der Waals surface area contributed by atoms with E-state index in [-0.39, 0.29) is 18.1 Å². The van der Waals surface area contributed by atoms with E-state index in [9.17, 15) is 14.4 Å². The maximum atomic E-state index is 13.1. The molecule has 2 fully saturated rings. The molecule has 0 radical (unpaired) electrons. The molecule has 1 aromatic heterocycles. The topological polar surface area (TPSA) is 76.6 Å². The molecule has 0 N–H and O–H groups in total. The zero-order valence-electron chi connectivity index (χ0n) is 21.5. The van der Waals surface area contributed by atoms with E-state index in [4.69, 9.17) is 16.3 Å². The Hall–Kier alpha value is -3.42. The number of amides is 1. The Balaban J connectivity index is 1.39. The third-order valence-corrected chi connectivity index (χ3v) is 8.76. The van der Waals surface area contributed by atoms with Crippen molar-refractivity contribution in [2.75, 3.05) is 24.6 Å². The standard InChI is InChI=1S/C31H29ClN2O4S/c1-21-27-10-9-22(25-5-3-13-33-18-25)7-8-23(27)17-28(35)29(36)19-39-20-31(38-21)11-14-34(15-12-31)30(37)24-4-2-6-26(32)16-24/h2-8,10,13,16,18H,1,9,11-12,14-15,17,19-20H2. The van der Waals surface area contributed by atoms with E-state index in [0.717, 1.165) is 16.7 Å². The number of halogens is 1. The fraction of sp³-hybridized carbons (Fsp3) is 0.290. The molecule has 200 valence electrons. The van der Waals surface area contributed by atoms with Crippen LogP contribution in [0.3, 0.4) is 0 Å². The fourth-order valence-electron chi connectivity index (χ4n) is 5.11. The number of hydrogen-bond acceptors (Lipinski definition) is 6. The maximum absolute atomic E-state index is 13.1. The van der Waals surface area contributed by atoms with Crippen LogP contribution in [-0.2, 0) is 14.3 Å². The summed E-state index contributed by atoms with van der Waals surface area (Å²) >= 11 is 7.51. The maximum Gasteiger partial charge on any atom is 0.253 e. The highest BCUT2D eigenvalue weighted by atomic mass is 35.5. The molecule has 3 heterocycles. The van der Waals surface area contributed by atoms with Gasteiger partial charge in [-0.05, 0) is 47.4 Å². The van der Waals surface area contributed by atoms with Crippen molar-refractivity contribution in [3.05, 3.63) is 107 Å². The minimum Gasteiger partial charge on any atom is -0.486 e. The molecule has 2 aliphatic heterocycles. The number of piperidine rings is 1. The molecular weight excluding hydrogens is 532 g/mol. The highest BCUT2D eigenvalue weighted by molar-refractivity contribution is 8.00. The first kappa shape index (κ1) is 27.2. The van der Waals surface area contributed by atoms with Gasteiger partial charge in [0.2, 0.25) is 11.6 Å². The van der Waals surface area contributed by atoms with Crippen LogP contribution >= 0.6 is 23.4 Å². The van der Waals surface area contributed by atoms with Crippen LogP contribution < -0.4 is 0 Å². The van der Waals surface area contributed by atoms with Gasteiger partial charge in [-0.3, -0.25) is 19.4 Å². The molecule has 2 saturated heterocycles. The molecule has 0 bridgehead atoms. The third kappa shape index (κ3) is 6.26. The predicted octanol–water partition coefficient (Wildman–Crippen LogP) is 5.86. The second-order valence-electron chi connectivity index (χ2n) is 9.97. The van der Waals surface area contributed by atoms with Crippen molar-refractivity contribution in [3.63, 3.8) is 0 Å². The zero-order chi connectivity index (χ0) is 27.4. The van der Waals surface area contributed by atoms with E-state index in [1.54, 1.807) is 36.7 Å². The molecule has 3 aliphatic rings. The molecule has 8 heteroatoms. The molecule has 0 unspecified atom stereocenters. The lowest BCUT2D eigenvalue weighted by molar-refractivity contribution is -0.134. The first-order valence-electron chi connectivity index (χ1n) is 12.9. The highest BCUT2D eigenvalue weighted by Crippen LogP contribution is 2.38. The van der Waals surface area contributed by atoms with Gasteiger partial charge >= 0.3 is 0 Å². The summed E-state index contributed by atoms with van der Waals surface area (Å²) in [6, 6.07) is 10.8. The highest BCUT2D eigenvalue weighted by Gasteiger charge is 2.40. The van der Waals surface area contributed by atoms with Gasteiger partial charge in [-0.2, -0.15) is 0 Å². The molecule has 5 rings (SSSR count). The number of likely N-dealkylation sites (tertiary alicyclic amines) is 1. The fourth-order valence-corrected chi connectivity index (χ4v) is 6.47. The van der Waals surface area contributed by atoms with E-state index < -0.39 is 17.2 Å². The molecule has 1 aromatic carbocycles. The van der Waals surface area contributed by atoms with Gasteiger partial charge in [0, 0.05) is 66.7 Å². The van der Waals surface area contributed by atoms with Crippen molar-refractivity contribution in [1.29, 1.82) is 0 Å². The van der Waals surface area contributed by atoms with Crippen molar-refractivity contribution >= 4 is 46.4 Å². The van der Waals surface area contributed by atoms with Gasteiger partial charge in [-0.15, -0.1) is 11.8 Å². The number of aromatic nitrogens is 1. The largest absolute Gasteiger partial charge is 0.486 e. The van der Waals surface area contributed by atoms with Crippen LogP contribution in [0.2, 0.25) is 5.02 Å². The number of hydrogen-bond donors (Lipinski definition) is 0. The Labute approximate surface area is 237 Å². The number of thioether (sulfide) groups is 1. The van der Waals surface area contributed by atoms with E-state index in [1.165, 1.54) is 11.8 Å². The summed E-state index contributed by atoms with van der Waals surface area (Å²) in [4.78, 5) is 44.7. The molecule has 0 atom stereocenters. The van der Waals surface area contributed by atoms with Crippen molar-refractivity contribution in [2.45, 2.75) is 31.3 Å². The smallest absolute Gasteiger partial charge is 0.253 e. The molecule has 1 spiro atoms. The SMILES string of the molecule is C=C1OC2(CCN(C(=O)c3cccc(Cl)c3)CC2)CSCC(=O)C(=O)CC2=CC=C(c3cccnc3)CC=C12. The number of nitrogens with zero attached hydrogens (tertiary/aromatic N) is 2. The summed E-state index contributed by atoms with van der Waals surface area (Å²) in [6.45, 7) is 5.28. The summed E-state index contributed by atoms with van der Waals surface area (Å²) in [5.74, 6) is 0.239. The zero-order valence-corrected chi connectivity index (χ0v) is 23.1. The number of ketones is 2. The average Bonchev–Trinajstić information content (AvgIpc) is 3.16. The summed E-state index contributed by atoms with van der Waals surface area (Å²) in [7, 11) is 0. The van der Waals surface area contributed by atoms with Crippen molar-refractivity contribution < 1.29 is 19.1 Å². The van der Waals surface area contributed by atoms with E-state index in [0.29, 0.717) is 60.0 Å². The molecule has 39 heavy (non-hydrogen) atoms. The monoisotopic (exact) mass is 560 g/mol. The van der Waals surface area contributed by atoms with Gasteiger partial charge in [0.05, 0.1) is 5.75 Å². The lowest BCUT2D eigenvalue weighted by Crippen LogP contribution is -2.49. The number of Topliss-reactive ketones (excluding diaryl/α,β-unsaturated/α-hetero) is 2. The summed E-state index contributed by atoms with van der Waals surface area (Å²) < 4.78 is 6.66. The third-order valence-electron chi connectivity index (χ3n) is 7.32. The van der Waals surface area contributed by atoms with Gasteiger partial charge in [0.1, 0.15) is 11.4 Å². The number of rotatable bonds is 2. The first-order valence-corrected chi connectivity index (χ1v) is 14.4. The van der Waals surface area contributed by atoms with Gasteiger partial charge in [0.25, 0.3) is 5.91 Å². The van der Waals surface area contributed by atoms with E-state index in [1.807, 2.05) is 35.3 Å². The van der Waals surface area contributed by atoms with Crippen LogP contribution in [0.5, 0.6) is 0 Å². The minimum atomic E-state index is -0.613. The lowest BCUT2D eigenvalue weighted by Gasteiger charge is -2.42. The summed E-state index contributed by atoms with van der Waals surface area (Å²) in [5.41, 5.74) is 3.44. The predicted molar refractivity (Wildman–Crippen MR) is 154 cm³/mol. The Morgan fingerprint density at radius 2 is 1.87 bits per heavy atom. The second kappa shape index (κ2) is 11.8. The number of ether oxygens (including phenoxy) is 1. The van der Waals surface area contributed by atoms with Gasteiger partial charge in [0.15, 0.2) is 0 Å². The van der Waals surface area contributed by atoms with Gasteiger partial charge < -0.3 is 9.64 Å². The number of allylic oxidation sites excluding steroid dienone is 5.